The number of carbonyl (C=O) groups is 2. The molecule has 0 aliphatic carbocycles. The van der Waals surface area contributed by atoms with Crippen LogP contribution in [0.2, 0.25) is 0 Å². The van der Waals surface area contributed by atoms with Crippen molar-refractivity contribution < 1.29 is 23.8 Å². The summed E-state index contributed by atoms with van der Waals surface area (Å²) in [6.45, 7) is 6.13. The molecule has 104 valence electrons. The molecular formula is C11H18O5S2. The molecule has 5 nitrogen and oxygen atoms in total. The number of hydrogen-bond acceptors (Lipinski definition) is 7. The Kier molecular flexibility index (Phi) is 9.67. The van der Waals surface area contributed by atoms with Gasteiger partial charge in [0.15, 0.2) is 0 Å². The molecule has 0 fully saturated rings. The molecule has 0 N–H and O–H groups in total. The second-order valence-electron chi connectivity index (χ2n) is 3.05. The molecule has 0 aromatic carbocycles. The van der Waals surface area contributed by atoms with Crippen LogP contribution in [0.25, 0.3) is 0 Å². The van der Waals surface area contributed by atoms with Crippen LogP contribution in [-0.4, -0.2) is 41.4 Å². The molecule has 7 heteroatoms. The molecule has 0 radical (unpaired) electrons. The second kappa shape index (κ2) is 10.1. The van der Waals surface area contributed by atoms with Crippen molar-refractivity contribution in [3.8, 4) is 0 Å². The summed E-state index contributed by atoms with van der Waals surface area (Å²) < 4.78 is 15.0. The molecule has 1 atom stereocenters. The number of thiocarbonyl (C=S) groups is 1. The van der Waals surface area contributed by atoms with Crippen molar-refractivity contribution in [1.29, 1.82) is 0 Å². The lowest BCUT2D eigenvalue weighted by Crippen LogP contribution is -2.26. The molecule has 0 amide bonds. The van der Waals surface area contributed by atoms with Crippen molar-refractivity contribution >= 4 is 40.3 Å². The van der Waals surface area contributed by atoms with Gasteiger partial charge in [-0.3, -0.25) is 9.59 Å². The van der Waals surface area contributed by atoms with Gasteiger partial charge in [0.05, 0.1) is 26.2 Å². The van der Waals surface area contributed by atoms with E-state index < -0.39 is 17.2 Å². The fourth-order valence-corrected chi connectivity index (χ4v) is 2.32. The number of esters is 2. The fourth-order valence-electron chi connectivity index (χ4n) is 1.05. The number of thioether (sulfide) groups is 1. The molecule has 0 aromatic rings. The highest BCUT2D eigenvalue weighted by molar-refractivity contribution is 8.23. The van der Waals surface area contributed by atoms with E-state index in [2.05, 4.69) is 0 Å². The standard InChI is InChI=1S/C11H18O5S2/c1-4-14-9(12)7-8(10(13)15-5-2)18-11(17)16-6-3/h8H,4-7H2,1-3H3/t8-/m0/s1. The average molecular weight is 294 g/mol. The molecule has 0 spiro atoms. The molecule has 0 bridgehead atoms. The maximum absolute atomic E-state index is 11.7. The van der Waals surface area contributed by atoms with Gasteiger partial charge < -0.3 is 14.2 Å². The van der Waals surface area contributed by atoms with Gasteiger partial charge in [-0.25, -0.2) is 0 Å². The van der Waals surface area contributed by atoms with Gasteiger partial charge in [0.25, 0.3) is 0 Å². The maximum atomic E-state index is 11.7. The molecule has 0 aliphatic heterocycles. The summed E-state index contributed by atoms with van der Waals surface area (Å²) >= 11 is 5.94. The number of rotatable bonds is 7. The average Bonchev–Trinajstić information content (AvgIpc) is 2.29. The number of ether oxygens (including phenoxy) is 3. The number of hydrogen-bond donors (Lipinski definition) is 0. The van der Waals surface area contributed by atoms with Crippen molar-refractivity contribution in [3.05, 3.63) is 0 Å². The summed E-state index contributed by atoms with van der Waals surface area (Å²) in [4.78, 5) is 23.0. The molecule has 0 saturated carbocycles. The van der Waals surface area contributed by atoms with Gasteiger partial charge in [-0.05, 0) is 33.0 Å². The van der Waals surface area contributed by atoms with Crippen molar-refractivity contribution in [1.82, 2.24) is 0 Å². The van der Waals surface area contributed by atoms with E-state index in [0.717, 1.165) is 11.8 Å². The zero-order valence-corrected chi connectivity index (χ0v) is 12.4. The molecule has 18 heavy (non-hydrogen) atoms. The van der Waals surface area contributed by atoms with Crippen molar-refractivity contribution in [2.24, 2.45) is 0 Å². The van der Waals surface area contributed by atoms with Crippen LogP contribution in [0.3, 0.4) is 0 Å². The second-order valence-corrected chi connectivity index (χ2v) is 4.86. The molecule has 0 heterocycles. The van der Waals surface area contributed by atoms with Crippen LogP contribution in [0.5, 0.6) is 0 Å². The quantitative estimate of drug-likeness (QED) is 0.525. The Balaban J connectivity index is 4.46. The van der Waals surface area contributed by atoms with Gasteiger partial charge >= 0.3 is 11.9 Å². The van der Waals surface area contributed by atoms with Crippen molar-refractivity contribution in [2.75, 3.05) is 19.8 Å². The molecule has 0 aliphatic rings. The zero-order valence-electron chi connectivity index (χ0n) is 10.8. The first kappa shape index (κ1) is 17.2. The van der Waals surface area contributed by atoms with Crippen LogP contribution in [0.4, 0.5) is 0 Å². The highest BCUT2D eigenvalue weighted by Gasteiger charge is 2.26. The maximum Gasteiger partial charge on any atom is 0.320 e. The minimum Gasteiger partial charge on any atom is -0.479 e. The minimum atomic E-state index is -0.719. The highest BCUT2D eigenvalue weighted by atomic mass is 32.2. The molecule has 0 rings (SSSR count). The third-order valence-electron chi connectivity index (χ3n) is 1.71. The van der Waals surface area contributed by atoms with E-state index in [9.17, 15) is 9.59 Å². The Hall–Kier alpha value is -0.820. The van der Waals surface area contributed by atoms with E-state index in [-0.39, 0.29) is 24.0 Å². The Morgan fingerprint density at radius 2 is 1.61 bits per heavy atom. The normalized spacial score (nSPS) is 11.5. The van der Waals surface area contributed by atoms with E-state index in [1.165, 1.54) is 0 Å². The molecule has 0 unspecified atom stereocenters. The van der Waals surface area contributed by atoms with Crippen LogP contribution >= 0.6 is 24.0 Å². The summed E-state index contributed by atoms with van der Waals surface area (Å²) in [6, 6.07) is 0. The monoisotopic (exact) mass is 294 g/mol. The summed E-state index contributed by atoms with van der Waals surface area (Å²) in [5.74, 6) is -0.944. The SMILES string of the molecule is CCOC(=O)C[C@H](SC(=S)OCC)C(=O)OCC. The van der Waals surface area contributed by atoms with Gasteiger partial charge in [0, 0.05) is 0 Å². The molecule has 0 saturated heterocycles. The lowest BCUT2D eigenvalue weighted by molar-refractivity contribution is -0.149. The van der Waals surface area contributed by atoms with E-state index in [4.69, 9.17) is 26.4 Å². The summed E-state index contributed by atoms with van der Waals surface area (Å²) in [5, 5.41) is -0.719. The first-order valence-electron chi connectivity index (χ1n) is 5.70. The first-order chi connectivity index (χ1) is 8.54. The Bertz CT molecular complexity index is 273. The van der Waals surface area contributed by atoms with Gasteiger partial charge in [-0.15, -0.1) is 0 Å². The van der Waals surface area contributed by atoms with Crippen LogP contribution in [-0.2, 0) is 23.8 Å². The predicted molar refractivity (Wildman–Crippen MR) is 73.5 cm³/mol. The van der Waals surface area contributed by atoms with Gasteiger partial charge in [0.1, 0.15) is 5.25 Å². The largest absolute Gasteiger partial charge is 0.479 e. The number of carbonyl (C=O) groups excluding carboxylic acids is 2. The van der Waals surface area contributed by atoms with Crippen LogP contribution in [0.15, 0.2) is 0 Å². The fraction of sp³-hybridized carbons (Fsp3) is 0.727. The van der Waals surface area contributed by atoms with Crippen LogP contribution in [0, 0.1) is 0 Å². The lowest BCUT2D eigenvalue weighted by atomic mass is 10.3. The van der Waals surface area contributed by atoms with E-state index >= 15 is 0 Å². The Labute approximate surface area is 117 Å². The van der Waals surface area contributed by atoms with Crippen molar-refractivity contribution in [2.45, 2.75) is 32.4 Å². The minimum absolute atomic E-state index is 0.0788. The van der Waals surface area contributed by atoms with Crippen LogP contribution in [0.1, 0.15) is 27.2 Å². The summed E-state index contributed by atoms with van der Waals surface area (Å²) in [7, 11) is 0. The third-order valence-corrected chi connectivity index (χ3v) is 3.07. The predicted octanol–water partition coefficient (Wildman–Crippen LogP) is 1.93. The molecular weight excluding hydrogens is 276 g/mol. The van der Waals surface area contributed by atoms with Crippen LogP contribution < -0.4 is 0 Å². The molecule has 0 aromatic heterocycles. The Morgan fingerprint density at radius 3 is 2.11 bits per heavy atom. The van der Waals surface area contributed by atoms with Gasteiger partial charge in [0.2, 0.25) is 4.38 Å². The smallest absolute Gasteiger partial charge is 0.320 e. The van der Waals surface area contributed by atoms with Gasteiger partial charge in [-0.2, -0.15) is 0 Å². The Morgan fingerprint density at radius 1 is 1.06 bits per heavy atom. The van der Waals surface area contributed by atoms with E-state index in [1.807, 2.05) is 0 Å². The van der Waals surface area contributed by atoms with Crippen molar-refractivity contribution in [3.63, 3.8) is 0 Å². The first-order valence-corrected chi connectivity index (χ1v) is 6.99. The zero-order chi connectivity index (χ0) is 14.0. The third kappa shape index (κ3) is 7.50. The van der Waals surface area contributed by atoms with Gasteiger partial charge in [-0.1, -0.05) is 11.8 Å². The summed E-state index contributed by atoms with van der Waals surface area (Å²) in [6.07, 6.45) is -0.0788. The highest BCUT2D eigenvalue weighted by Crippen LogP contribution is 2.20. The summed E-state index contributed by atoms with van der Waals surface area (Å²) in [5.41, 5.74) is 0. The lowest BCUT2D eigenvalue weighted by Gasteiger charge is -2.14. The topological polar surface area (TPSA) is 61.8 Å². The van der Waals surface area contributed by atoms with E-state index in [0.29, 0.717) is 6.61 Å². The van der Waals surface area contributed by atoms with E-state index in [1.54, 1.807) is 20.8 Å².